The first-order chi connectivity index (χ1) is 14.9. The number of benzene rings is 3. The van der Waals surface area contributed by atoms with E-state index in [1.54, 1.807) is 16.8 Å². The van der Waals surface area contributed by atoms with Crippen molar-refractivity contribution in [1.29, 1.82) is 0 Å². The Labute approximate surface area is 180 Å². The molecular formula is C25H23N3O3. The number of nitro groups is 1. The van der Waals surface area contributed by atoms with Gasteiger partial charge < -0.3 is 5.11 Å². The zero-order valence-corrected chi connectivity index (χ0v) is 17.4. The van der Waals surface area contributed by atoms with Crippen molar-refractivity contribution < 1.29 is 10.0 Å². The van der Waals surface area contributed by atoms with Crippen molar-refractivity contribution >= 4 is 5.69 Å². The highest BCUT2D eigenvalue weighted by atomic mass is 16.6. The zero-order chi connectivity index (χ0) is 22.0. The summed E-state index contributed by atoms with van der Waals surface area (Å²) in [5.41, 5.74) is 3.80. The molecule has 31 heavy (non-hydrogen) atoms. The van der Waals surface area contributed by atoms with E-state index in [-0.39, 0.29) is 5.69 Å². The molecule has 0 spiro atoms. The molecule has 1 N–H and O–H groups in total. The van der Waals surface area contributed by atoms with Crippen molar-refractivity contribution in [2.45, 2.75) is 25.9 Å². The molecule has 4 rings (SSSR count). The molecule has 0 bridgehead atoms. The Morgan fingerprint density at radius 2 is 1.42 bits per heavy atom. The molecule has 1 heterocycles. The fourth-order valence-corrected chi connectivity index (χ4v) is 3.95. The van der Waals surface area contributed by atoms with E-state index in [1.165, 1.54) is 12.1 Å². The molecule has 0 aliphatic carbocycles. The lowest BCUT2D eigenvalue weighted by atomic mass is 9.81. The van der Waals surface area contributed by atoms with Crippen LogP contribution in [0, 0.1) is 24.0 Å². The van der Waals surface area contributed by atoms with Crippen LogP contribution >= 0.6 is 0 Å². The Kier molecular flexibility index (Phi) is 5.40. The van der Waals surface area contributed by atoms with Gasteiger partial charge in [-0.25, -0.2) is 4.68 Å². The van der Waals surface area contributed by atoms with E-state index < -0.39 is 10.5 Å². The fraction of sp³-hybridized carbons (Fsp3) is 0.160. The maximum atomic E-state index is 11.9. The van der Waals surface area contributed by atoms with Crippen LogP contribution in [0.1, 0.15) is 28.1 Å². The van der Waals surface area contributed by atoms with Crippen LogP contribution in [0.2, 0.25) is 0 Å². The second-order valence-electron chi connectivity index (χ2n) is 7.60. The number of rotatable bonds is 6. The summed E-state index contributed by atoms with van der Waals surface area (Å²) in [6.45, 7) is 3.87. The van der Waals surface area contributed by atoms with Crippen molar-refractivity contribution in [3.05, 3.63) is 123 Å². The predicted octanol–water partition coefficient (Wildman–Crippen LogP) is 4.88. The molecule has 156 valence electrons. The molecule has 0 fully saturated rings. The molecule has 0 radical (unpaired) electrons. The molecule has 6 heteroatoms. The summed E-state index contributed by atoms with van der Waals surface area (Å²) in [5, 5.41) is 27.5. The van der Waals surface area contributed by atoms with Gasteiger partial charge in [0.05, 0.1) is 16.3 Å². The molecule has 0 saturated carbocycles. The molecule has 0 aliphatic heterocycles. The maximum absolute atomic E-state index is 11.9. The van der Waals surface area contributed by atoms with Gasteiger partial charge in [-0.2, -0.15) is 5.10 Å². The lowest BCUT2D eigenvalue weighted by Gasteiger charge is -2.30. The van der Waals surface area contributed by atoms with Crippen LogP contribution in [0.15, 0.2) is 84.9 Å². The molecule has 4 aromatic rings. The van der Waals surface area contributed by atoms with Gasteiger partial charge >= 0.3 is 0 Å². The van der Waals surface area contributed by atoms with Gasteiger partial charge in [0.2, 0.25) is 0 Å². The fourth-order valence-electron chi connectivity index (χ4n) is 3.95. The first-order valence-corrected chi connectivity index (χ1v) is 10.0. The van der Waals surface area contributed by atoms with Gasteiger partial charge in [0.15, 0.2) is 0 Å². The number of aliphatic hydroxyl groups is 1. The molecule has 3 aromatic carbocycles. The number of nitrogens with zero attached hydrogens (tertiary/aromatic N) is 3. The van der Waals surface area contributed by atoms with Crippen LogP contribution in [0.5, 0.6) is 0 Å². The Bertz CT molecular complexity index is 1160. The Morgan fingerprint density at radius 3 is 1.90 bits per heavy atom. The molecule has 0 unspecified atom stereocenters. The highest BCUT2D eigenvalue weighted by Crippen LogP contribution is 2.35. The molecule has 0 atom stereocenters. The highest BCUT2D eigenvalue weighted by molar-refractivity contribution is 5.45. The van der Waals surface area contributed by atoms with Gasteiger partial charge in [-0.15, -0.1) is 0 Å². The van der Waals surface area contributed by atoms with Gasteiger partial charge in [0, 0.05) is 24.2 Å². The van der Waals surface area contributed by atoms with E-state index in [1.807, 2.05) is 74.5 Å². The second-order valence-corrected chi connectivity index (χ2v) is 7.60. The Balaban J connectivity index is 1.78. The van der Waals surface area contributed by atoms with Crippen LogP contribution in [0.3, 0.4) is 0 Å². The summed E-state index contributed by atoms with van der Waals surface area (Å²) >= 11 is 0. The number of aromatic nitrogens is 2. The third-order valence-corrected chi connectivity index (χ3v) is 5.68. The van der Waals surface area contributed by atoms with Crippen molar-refractivity contribution in [3.63, 3.8) is 0 Å². The standard InChI is InChI=1S/C25H23N3O3/c1-18-24(19(2)27(26-18)22-13-15-23(16-14-22)28(30)31)17-25(29,20-9-5-3-6-10-20)21-11-7-4-8-12-21/h3-16,29H,17H2,1-2H3. The van der Waals surface area contributed by atoms with Crippen LogP contribution < -0.4 is 0 Å². The van der Waals surface area contributed by atoms with Crippen LogP contribution in [-0.4, -0.2) is 19.8 Å². The normalized spacial score (nSPS) is 11.5. The van der Waals surface area contributed by atoms with Gasteiger partial charge in [0.25, 0.3) is 5.69 Å². The first-order valence-electron chi connectivity index (χ1n) is 10.0. The SMILES string of the molecule is Cc1nn(-c2ccc([N+](=O)[O-])cc2)c(C)c1CC(O)(c1ccccc1)c1ccccc1. The van der Waals surface area contributed by atoms with Crippen molar-refractivity contribution in [3.8, 4) is 5.69 Å². The number of nitro benzene ring substituents is 1. The predicted molar refractivity (Wildman–Crippen MR) is 119 cm³/mol. The van der Waals surface area contributed by atoms with E-state index in [0.29, 0.717) is 6.42 Å². The summed E-state index contributed by atoms with van der Waals surface area (Å²) in [5.74, 6) is 0. The summed E-state index contributed by atoms with van der Waals surface area (Å²) in [7, 11) is 0. The van der Waals surface area contributed by atoms with E-state index in [9.17, 15) is 15.2 Å². The minimum absolute atomic E-state index is 0.0352. The minimum Gasteiger partial charge on any atom is -0.380 e. The number of non-ortho nitro benzene ring substituents is 1. The number of hydrogen-bond acceptors (Lipinski definition) is 4. The van der Waals surface area contributed by atoms with Crippen LogP contribution in [0.4, 0.5) is 5.69 Å². The molecule has 0 amide bonds. The largest absolute Gasteiger partial charge is 0.380 e. The molecule has 6 nitrogen and oxygen atoms in total. The Morgan fingerprint density at radius 1 is 0.903 bits per heavy atom. The molecular weight excluding hydrogens is 390 g/mol. The lowest BCUT2D eigenvalue weighted by Crippen LogP contribution is -2.30. The topological polar surface area (TPSA) is 81.2 Å². The zero-order valence-electron chi connectivity index (χ0n) is 17.4. The number of aryl methyl sites for hydroxylation is 1. The second kappa shape index (κ2) is 8.16. The first kappa shape index (κ1) is 20.5. The maximum Gasteiger partial charge on any atom is 0.269 e. The molecule has 0 saturated heterocycles. The van der Waals surface area contributed by atoms with Gasteiger partial charge in [-0.1, -0.05) is 60.7 Å². The molecule has 0 aliphatic rings. The monoisotopic (exact) mass is 413 g/mol. The van der Waals surface area contributed by atoms with E-state index in [2.05, 4.69) is 5.10 Å². The summed E-state index contributed by atoms with van der Waals surface area (Å²) in [4.78, 5) is 10.5. The smallest absolute Gasteiger partial charge is 0.269 e. The van der Waals surface area contributed by atoms with Gasteiger partial charge in [-0.05, 0) is 42.7 Å². The lowest BCUT2D eigenvalue weighted by molar-refractivity contribution is -0.384. The van der Waals surface area contributed by atoms with Crippen LogP contribution in [-0.2, 0) is 12.0 Å². The average Bonchev–Trinajstić information content (AvgIpc) is 3.08. The minimum atomic E-state index is -1.22. The van der Waals surface area contributed by atoms with E-state index in [0.717, 1.165) is 33.8 Å². The third kappa shape index (κ3) is 3.85. The number of hydrogen-bond donors (Lipinski definition) is 1. The summed E-state index contributed by atoms with van der Waals surface area (Å²) in [6.07, 6.45) is 0.353. The van der Waals surface area contributed by atoms with Crippen molar-refractivity contribution in [1.82, 2.24) is 9.78 Å². The van der Waals surface area contributed by atoms with Crippen LogP contribution in [0.25, 0.3) is 5.69 Å². The third-order valence-electron chi connectivity index (χ3n) is 5.68. The summed E-state index contributed by atoms with van der Waals surface area (Å²) in [6, 6.07) is 25.6. The van der Waals surface area contributed by atoms with E-state index in [4.69, 9.17) is 0 Å². The molecule has 1 aromatic heterocycles. The van der Waals surface area contributed by atoms with Gasteiger partial charge in [0.1, 0.15) is 5.60 Å². The quantitative estimate of drug-likeness (QED) is 0.361. The highest BCUT2D eigenvalue weighted by Gasteiger charge is 2.34. The van der Waals surface area contributed by atoms with Crippen molar-refractivity contribution in [2.24, 2.45) is 0 Å². The average molecular weight is 413 g/mol. The summed E-state index contributed by atoms with van der Waals surface area (Å²) < 4.78 is 1.77. The Hall–Kier alpha value is -3.77. The van der Waals surface area contributed by atoms with Crippen molar-refractivity contribution in [2.75, 3.05) is 0 Å². The van der Waals surface area contributed by atoms with Gasteiger partial charge in [-0.3, -0.25) is 10.1 Å². The van der Waals surface area contributed by atoms with E-state index >= 15 is 0 Å².